The van der Waals surface area contributed by atoms with Crippen LogP contribution in [0.1, 0.15) is 40.0 Å². The second-order valence-corrected chi connectivity index (χ2v) is 7.50. The lowest BCUT2D eigenvalue weighted by Crippen LogP contribution is -2.44. The summed E-state index contributed by atoms with van der Waals surface area (Å²) in [6, 6.07) is 0. The summed E-state index contributed by atoms with van der Waals surface area (Å²) in [7, 11) is 4.11. The molecule has 0 radical (unpaired) electrons. The summed E-state index contributed by atoms with van der Waals surface area (Å²) < 4.78 is 6.44. The van der Waals surface area contributed by atoms with Crippen LogP contribution in [0.3, 0.4) is 0 Å². The summed E-state index contributed by atoms with van der Waals surface area (Å²) in [4.78, 5) is 0. The minimum atomic E-state index is 0.379. The van der Waals surface area contributed by atoms with E-state index >= 15 is 0 Å². The van der Waals surface area contributed by atoms with Crippen molar-refractivity contribution in [1.29, 1.82) is 0 Å². The van der Waals surface area contributed by atoms with Crippen LogP contribution in [0, 0.1) is 0 Å². The SMILES string of the molecule is CC(C)OC1C2CCCC1(C)SS2. The average molecular weight is 218 g/mol. The van der Waals surface area contributed by atoms with Crippen LogP contribution in [0.25, 0.3) is 0 Å². The second-order valence-electron chi connectivity index (χ2n) is 4.53. The van der Waals surface area contributed by atoms with Crippen LogP contribution in [0.5, 0.6) is 0 Å². The molecular weight excluding hydrogens is 200 g/mol. The largest absolute Gasteiger partial charge is 0.373 e. The zero-order valence-corrected chi connectivity index (χ0v) is 10.2. The molecule has 1 aliphatic carbocycles. The molecule has 0 aromatic rings. The Morgan fingerprint density at radius 1 is 1.46 bits per heavy atom. The Balaban J connectivity index is 2.08. The first-order valence-corrected chi connectivity index (χ1v) is 7.33. The molecule has 1 heterocycles. The van der Waals surface area contributed by atoms with E-state index in [1.165, 1.54) is 19.3 Å². The topological polar surface area (TPSA) is 9.23 Å². The third-order valence-corrected chi connectivity index (χ3v) is 6.70. The Morgan fingerprint density at radius 3 is 2.85 bits per heavy atom. The first-order valence-electron chi connectivity index (χ1n) is 5.12. The second kappa shape index (κ2) is 3.67. The molecule has 13 heavy (non-hydrogen) atoms. The lowest BCUT2D eigenvalue weighted by Gasteiger charge is -2.37. The maximum absolute atomic E-state index is 6.04. The van der Waals surface area contributed by atoms with E-state index < -0.39 is 0 Å². The van der Waals surface area contributed by atoms with Gasteiger partial charge in [-0.2, -0.15) is 0 Å². The smallest absolute Gasteiger partial charge is 0.0857 e. The molecule has 2 aliphatic rings. The summed E-state index contributed by atoms with van der Waals surface area (Å²) in [5.41, 5.74) is 0. The van der Waals surface area contributed by atoms with E-state index in [-0.39, 0.29) is 0 Å². The van der Waals surface area contributed by atoms with Crippen LogP contribution in [-0.4, -0.2) is 22.2 Å². The van der Waals surface area contributed by atoms with Crippen molar-refractivity contribution in [3.8, 4) is 0 Å². The molecule has 0 N–H and O–H groups in total. The summed E-state index contributed by atoms with van der Waals surface area (Å²) >= 11 is 0. The zero-order chi connectivity index (χ0) is 9.47. The fraction of sp³-hybridized carbons (Fsp3) is 1.00. The van der Waals surface area contributed by atoms with Gasteiger partial charge in [0.15, 0.2) is 0 Å². The van der Waals surface area contributed by atoms with Crippen LogP contribution < -0.4 is 0 Å². The zero-order valence-electron chi connectivity index (χ0n) is 8.58. The van der Waals surface area contributed by atoms with Gasteiger partial charge in [-0.05, 0) is 33.6 Å². The van der Waals surface area contributed by atoms with Gasteiger partial charge in [-0.25, -0.2) is 0 Å². The molecule has 3 atom stereocenters. The number of fused-ring (bicyclic) bond motifs is 2. The summed E-state index contributed by atoms with van der Waals surface area (Å²) in [6.45, 7) is 6.66. The summed E-state index contributed by atoms with van der Waals surface area (Å²) in [5.74, 6) is 0. The molecule has 2 fully saturated rings. The van der Waals surface area contributed by atoms with Crippen LogP contribution in [0.2, 0.25) is 0 Å². The van der Waals surface area contributed by atoms with E-state index in [2.05, 4.69) is 42.4 Å². The van der Waals surface area contributed by atoms with Crippen molar-refractivity contribution in [2.45, 2.75) is 62.2 Å². The molecule has 1 nitrogen and oxygen atoms in total. The van der Waals surface area contributed by atoms with Crippen molar-refractivity contribution in [3.63, 3.8) is 0 Å². The Hall–Kier alpha value is 0.660. The average Bonchev–Trinajstić information content (AvgIpc) is 2.28. The van der Waals surface area contributed by atoms with E-state index in [0.717, 1.165) is 5.25 Å². The molecule has 0 spiro atoms. The first-order chi connectivity index (χ1) is 6.12. The van der Waals surface area contributed by atoms with Crippen molar-refractivity contribution in [3.05, 3.63) is 0 Å². The first kappa shape index (κ1) is 10.2. The number of ether oxygens (including phenoxy) is 1. The minimum Gasteiger partial charge on any atom is -0.373 e. The Kier molecular flexibility index (Phi) is 2.87. The minimum absolute atomic E-state index is 0.379. The van der Waals surface area contributed by atoms with E-state index in [4.69, 9.17) is 4.74 Å². The Morgan fingerprint density at radius 2 is 2.23 bits per heavy atom. The quantitative estimate of drug-likeness (QED) is 0.657. The molecule has 0 amide bonds. The Labute approximate surface area is 88.8 Å². The fourth-order valence-electron chi connectivity index (χ4n) is 2.23. The van der Waals surface area contributed by atoms with E-state index in [0.29, 0.717) is 17.0 Å². The van der Waals surface area contributed by atoms with Gasteiger partial charge in [-0.15, -0.1) is 0 Å². The molecular formula is C10H18OS2. The molecule has 0 aromatic carbocycles. The lowest BCUT2D eigenvalue weighted by atomic mass is 9.86. The number of hydrogen-bond donors (Lipinski definition) is 0. The third kappa shape index (κ3) is 1.88. The van der Waals surface area contributed by atoms with Crippen molar-refractivity contribution < 1.29 is 4.74 Å². The normalized spacial score (nSPS) is 44.3. The monoisotopic (exact) mass is 218 g/mol. The molecule has 2 bridgehead atoms. The van der Waals surface area contributed by atoms with Crippen molar-refractivity contribution in [2.75, 3.05) is 0 Å². The van der Waals surface area contributed by atoms with Gasteiger partial charge >= 0.3 is 0 Å². The molecule has 3 heteroatoms. The van der Waals surface area contributed by atoms with Gasteiger partial charge in [0.1, 0.15) is 0 Å². The standard InChI is InChI=1S/C10H18OS2/c1-7(2)11-9-8-5-4-6-10(9,3)13-12-8/h7-9H,4-6H2,1-3H3. The van der Waals surface area contributed by atoms with Crippen molar-refractivity contribution in [1.82, 2.24) is 0 Å². The van der Waals surface area contributed by atoms with Crippen molar-refractivity contribution in [2.24, 2.45) is 0 Å². The Bertz CT molecular complexity index is 191. The van der Waals surface area contributed by atoms with E-state index in [9.17, 15) is 0 Å². The molecule has 0 aromatic heterocycles. The van der Waals surface area contributed by atoms with Gasteiger partial charge in [0.05, 0.1) is 17.0 Å². The van der Waals surface area contributed by atoms with Crippen molar-refractivity contribution >= 4 is 21.6 Å². The van der Waals surface area contributed by atoms with E-state index in [1.807, 2.05) is 0 Å². The molecule has 2 rings (SSSR count). The maximum Gasteiger partial charge on any atom is 0.0857 e. The van der Waals surface area contributed by atoms with Crippen LogP contribution in [0.4, 0.5) is 0 Å². The fourth-order valence-corrected chi connectivity index (χ4v) is 6.08. The van der Waals surface area contributed by atoms with Gasteiger partial charge in [0.25, 0.3) is 0 Å². The number of hydrogen-bond acceptors (Lipinski definition) is 3. The highest BCUT2D eigenvalue weighted by Gasteiger charge is 2.50. The third-order valence-electron chi connectivity index (χ3n) is 2.88. The molecule has 1 aliphatic heterocycles. The molecule has 76 valence electrons. The van der Waals surface area contributed by atoms with Crippen LogP contribution in [-0.2, 0) is 4.74 Å². The highest BCUT2D eigenvalue weighted by Crippen LogP contribution is 2.59. The van der Waals surface area contributed by atoms with Gasteiger partial charge in [-0.3, -0.25) is 0 Å². The summed E-state index contributed by atoms with van der Waals surface area (Å²) in [6.07, 6.45) is 4.95. The van der Waals surface area contributed by atoms with Crippen LogP contribution in [0.15, 0.2) is 0 Å². The number of rotatable bonds is 2. The van der Waals surface area contributed by atoms with Gasteiger partial charge in [-0.1, -0.05) is 28.0 Å². The highest BCUT2D eigenvalue weighted by atomic mass is 33.1. The van der Waals surface area contributed by atoms with Gasteiger partial charge < -0.3 is 4.74 Å². The lowest BCUT2D eigenvalue weighted by molar-refractivity contribution is -0.0223. The van der Waals surface area contributed by atoms with Gasteiger partial charge in [0, 0.05) is 5.25 Å². The maximum atomic E-state index is 6.04. The summed E-state index contributed by atoms with van der Waals surface area (Å²) in [5, 5.41) is 0.756. The molecule has 1 saturated heterocycles. The van der Waals surface area contributed by atoms with E-state index in [1.54, 1.807) is 0 Å². The predicted molar refractivity (Wildman–Crippen MR) is 61.2 cm³/mol. The molecule has 1 saturated carbocycles. The molecule has 3 unspecified atom stereocenters. The van der Waals surface area contributed by atoms with Gasteiger partial charge in [0.2, 0.25) is 0 Å². The van der Waals surface area contributed by atoms with Crippen LogP contribution >= 0.6 is 21.6 Å². The predicted octanol–water partition coefficient (Wildman–Crippen LogP) is 3.49. The highest BCUT2D eigenvalue weighted by molar-refractivity contribution is 8.78.